The summed E-state index contributed by atoms with van der Waals surface area (Å²) < 4.78 is 22.7. The third kappa shape index (κ3) is 6.06. The van der Waals surface area contributed by atoms with Crippen LogP contribution in [0.5, 0.6) is 0 Å². The first kappa shape index (κ1) is 18.6. The number of nitrogens with zero attached hydrogens (tertiary/aromatic N) is 1. The van der Waals surface area contributed by atoms with Gasteiger partial charge in [-0.05, 0) is 39.3 Å². The largest absolute Gasteiger partial charge is 0.444 e. The zero-order valence-electron chi connectivity index (χ0n) is 13.7. The topological polar surface area (TPSA) is 95.4 Å². The number of aromatic nitrogens is 1. The van der Waals surface area contributed by atoms with Crippen molar-refractivity contribution < 1.29 is 18.3 Å². The first-order chi connectivity index (χ1) is 10.6. The molecule has 0 saturated carbocycles. The highest BCUT2D eigenvalue weighted by atomic mass is 19.1. The molecule has 2 rings (SSSR count). The van der Waals surface area contributed by atoms with Gasteiger partial charge in [-0.1, -0.05) is 13.0 Å². The van der Waals surface area contributed by atoms with Crippen LogP contribution < -0.4 is 11.4 Å². The van der Waals surface area contributed by atoms with Crippen molar-refractivity contribution >= 4 is 17.0 Å². The Bertz CT molecular complexity index is 735. The molecular formula is C16H21FN2O4. The summed E-state index contributed by atoms with van der Waals surface area (Å²) in [7, 11) is 0. The number of halogens is 1. The van der Waals surface area contributed by atoms with Gasteiger partial charge in [-0.25, -0.2) is 19.0 Å². The van der Waals surface area contributed by atoms with Crippen molar-refractivity contribution in [2.24, 2.45) is 5.73 Å². The average molecular weight is 324 g/mol. The van der Waals surface area contributed by atoms with Gasteiger partial charge in [0, 0.05) is 6.42 Å². The van der Waals surface area contributed by atoms with Crippen LogP contribution in [0.3, 0.4) is 0 Å². The monoisotopic (exact) mass is 324 g/mol. The van der Waals surface area contributed by atoms with Crippen LogP contribution in [0.4, 0.5) is 9.18 Å². The maximum Gasteiger partial charge on any atom is 0.405 e. The standard InChI is InChI=1S/C11H10FNO2.C5H11NO2/c1-2-4-9-13-8-6-3-5-7(12)10(8)11(14)15-9;1-5(2,3)8-4(6)7/h3,5-6H,2,4H2,1H3;1-3H3,(H2,6,7). The molecule has 1 aromatic heterocycles. The number of ether oxygens (including phenoxy) is 1. The van der Waals surface area contributed by atoms with Crippen LogP contribution in [-0.4, -0.2) is 16.7 Å². The summed E-state index contributed by atoms with van der Waals surface area (Å²) in [6.07, 6.45) is 0.691. The van der Waals surface area contributed by atoms with E-state index in [9.17, 15) is 14.0 Å². The van der Waals surface area contributed by atoms with Crippen LogP contribution >= 0.6 is 0 Å². The third-order valence-corrected chi connectivity index (χ3v) is 2.52. The second-order valence-corrected chi connectivity index (χ2v) is 5.81. The molecule has 0 saturated heterocycles. The molecule has 0 bridgehead atoms. The van der Waals surface area contributed by atoms with Crippen molar-refractivity contribution in [2.75, 3.05) is 0 Å². The molecule has 1 heterocycles. The van der Waals surface area contributed by atoms with Gasteiger partial charge in [0.15, 0.2) is 5.89 Å². The molecule has 7 heteroatoms. The quantitative estimate of drug-likeness (QED) is 0.915. The molecule has 0 spiro atoms. The second kappa shape index (κ2) is 7.71. The van der Waals surface area contributed by atoms with Gasteiger partial charge in [0.25, 0.3) is 0 Å². The van der Waals surface area contributed by atoms with Crippen molar-refractivity contribution in [1.82, 2.24) is 4.98 Å². The number of primary amides is 1. The lowest BCUT2D eigenvalue weighted by molar-refractivity contribution is 0.0600. The van der Waals surface area contributed by atoms with Gasteiger partial charge in [0.2, 0.25) is 0 Å². The molecule has 0 atom stereocenters. The Kier molecular flexibility index (Phi) is 6.24. The number of benzene rings is 1. The van der Waals surface area contributed by atoms with Crippen molar-refractivity contribution in [1.29, 1.82) is 0 Å². The van der Waals surface area contributed by atoms with Crippen molar-refractivity contribution in [3.05, 3.63) is 40.3 Å². The Balaban J connectivity index is 0.000000284. The van der Waals surface area contributed by atoms with E-state index in [1.165, 1.54) is 12.1 Å². The van der Waals surface area contributed by atoms with Crippen molar-refractivity contribution in [3.63, 3.8) is 0 Å². The van der Waals surface area contributed by atoms with Gasteiger partial charge in [0.1, 0.15) is 16.8 Å². The number of amides is 1. The van der Waals surface area contributed by atoms with Gasteiger partial charge in [-0.15, -0.1) is 0 Å². The maximum absolute atomic E-state index is 13.3. The van der Waals surface area contributed by atoms with Crippen LogP contribution in [-0.2, 0) is 11.2 Å². The van der Waals surface area contributed by atoms with Crippen molar-refractivity contribution in [2.45, 2.75) is 46.1 Å². The summed E-state index contributed by atoms with van der Waals surface area (Å²) in [4.78, 5) is 25.5. The minimum atomic E-state index is -0.725. The highest BCUT2D eigenvalue weighted by Gasteiger charge is 2.12. The molecule has 1 aromatic carbocycles. The molecule has 0 radical (unpaired) electrons. The molecule has 6 nitrogen and oxygen atoms in total. The molecule has 0 aliphatic rings. The van der Waals surface area contributed by atoms with E-state index in [0.29, 0.717) is 17.8 Å². The smallest absolute Gasteiger partial charge is 0.405 e. The fourth-order valence-corrected chi connectivity index (χ4v) is 1.75. The molecule has 0 fully saturated rings. The van der Waals surface area contributed by atoms with E-state index >= 15 is 0 Å². The predicted molar refractivity (Wildman–Crippen MR) is 84.7 cm³/mol. The summed E-state index contributed by atoms with van der Waals surface area (Å²) in [5, 5.41) is -0.0719. The first-order valence-electron chi connectivity index (χ1n) is 7.20. The summed E-state index contributed by atoms with van der Waals surface area (Å²) >= 11 is 0. The lowest BCUT2D eigenvalue weighted by Crippen LogP contribution is -2.27. The van der Waals surface area contributed by atoms with Gasteiger partial charge in [-0.3, -0.25) is 0 Å². The van der Waals surface area contributed by atoms with E-state index in [1.54, 1.807) is 26.8 Å². The molecule has 2 aromatic rings. The Morgan fingerprint density at radius 2 is 2.04 bits per heavy atom. The summed E-state index contributed by atoms with van der Waals surface area (Å²) in [5.74, 6) is -0.225. The molecule has 23 heavy (non-hydrogen) atoms. The number of hydrogen-bond donors (Lipinski definition) is 1. The molecule has 1 amide bonds. The van der Waals surface area contributed by atoms with Crippen LogP contribution in [0.1, 0.15) is 40.0 Å². The summed E-state index contributed by atoms with van der Waals surface area (Å²) in [6, 6.07) is 4.36. The number of carbonyl (C=O) groups excluding carboxylic acids is 1. The van der Waals surface area contributed by atoms with E-state index in [0.717, 1.165) is 6.42 Å². The number of aryl methyl sites for hydroxylation is 1. The highest BCUT2D eigenvalue weighted by Crippen LogP contribution is 2.12. The fourth-order valence-electron chi connectivity index (χ4n) is 1.75. The predicted octanol–water partition coefficient (Wildman–Crippen LogP) is 3.16. The summed E-state index contributed by atoms with van der Waals surface area (Å²) in [6.45, 7) is 7.24. The van der Waals surface area contributed by atoms with Gasteiger partial charge in [0.05, 0.1) is 5.52 Å². The second-order valence-electron chi connectivity index (χ2n) is 5.81. The number of carbonyl (C=O) groups is 1. The zero-order chi connectivity index (χ0) is 17.6. The Hall–Kier alpha value is -2.44. The van der Waals surface area contributed by atoms with E-state index in [-0.39, 0.29) is 5.39 Å². The maximum atomic E-state index is 13.3. The minimum Gasteiger partial charge on any atom is -0.444 e. The highest BCUT2D eigenvalue weighted by molar-refractivity contribution is 5.77. The third-order valence-electron chi connectivity index (χ3n) is 2.52. The van der Waals surface area contributed by atoms with E-state index in [4.69, 9.17) is 10.2 Å². The lowest BCUT2D eigenvalue weighted by Gasteiger charge is -2.16. The SMILES string of the molecule is CC(C)(C)OC(N)=O.CCCc1nc2cccc(F)c2c(=O)o1. The molecular weight excluding hydrogens is 303 g/mol. The zero-order valence-corrected chi connectivity index (χ0v) is 13.7. The lowest BCUT2D eigenvalue weighted by atomic mass is 10.2. The normalized spacial score (nSPS) is 10.8. The van der Waals surface area contributed by atoms with Gasteiger partial charge >= 0.3 is 11.7 Å². The van der Waals surface area contributed by atoms with Crippen LogP contribution in [0.2, 0.25) is 0 Å². The van der Waals surface area contributed by atoms with Crippen LogP contribution in [0.15, 0.2) is 27.4 Å². The van der Waals surface area contributed by atoms with Gasteiger partial charge < -0.3 is 14.9 Å². The van der Waals surface area contributed by atoms with Crippen molar-refractivity contribution in [3.8, 4) is 0 Å². The fraction of sp³-hybridized carbons (Fsp3) is 0.438. The molecule has 126 valence electrons. The van der Waals surface area contributed by atoms with E-state index in [1.807, 2.05) is 6.92 Å². The molecule has 2 N–H and O–H groups in total. The Morgan fingerprint density at radius 1 is 1.39 bits per heavy atom. The summed E-state index contributed by atoms with van der Waals surface area (Å²) in [5.41, 5.74) is 3.97. The Morgan fingerprint density at radius 3 is 2.52 bits per heavy atom. The molecule has 0 aliphatic carbocycles. The number of nitrogens with two attached hydrogens (primary N) is 1. The Labute approximate surface area is 133 Å². The van der Waals surface area contributed by atoms with Crippen LogP contribution in [0, 0.1) is 5.82 Å². The molecule has 0 aliphatic heterocycles. The molecule has 0 unspecified atom stereocenters. The van der Waals surface area contributed by atoms with E-state index < -0.39 is 23.1 Å². The number of rotatable bonds is 2. The number of hydrogen-bond acceptors (Lipinski definition) is 5. The van der Waals surface area contributed by atoms with Crippen LogP contribution in [0.25, 0.3) is 10.9 Å². The van der Waals surface area contributed by atoms with Gasteiger partial charge in [-0.2, -0.15) is 0 Å². The number of fused-ring (bicyclic) bond motifs is 1. The first-order valence-corrected chi connectivity index (χ1v) is 7.20. The minimum absolute atomic E-state index is 0.0719. The average Bonchev–Trinajstić information content (AvgIpc) is 2.36. The van der Waals surface area contributed by atoms with E-state index in [2.05, 4.69) is 9.72 Å².